The fourth-order valence-electron chi connectivity index (χ4n) is 2.67. The molecule has 0 bridgehead atoms. The van der Waals surface area contributed by atoms with Crippen molar-refractivity contribution in [3.8, 4) is 0 Å². The van der Waals surface area contributed by atoms with Crippen molar-refractivity contribution in [2.75, 3.05) is 39.4 Å². The van der Waals surface area contributed by atoms with Gasteiger partial charge in [0.15, 0.2) is 12.7 Å². The van der Waals surface area contributed by atoms with E-state index in [0.29, 0.717) is 25.6 Å². The molecule has 3 amide bonds. The van der Waals surface area contributed by atoms with Gasteiger partial charge in [0.2, 0.25) is 0 Å². The summed E-state index contributed by atoms with van der Waals surface area (Å²) in [5.41, 5.74) is 0. The summed E-state index contributed by atoms with van der Waals surface area (Å²) in [6, 6.07) is 0.130. The molecule has 1 N–H and O–H groups in total. The largest absolute Gasteiger partial charge is 0.454 e. The van der Waals surface area contributed by atoms with Crippen LogP contribution in [0.25, 0.3) is 0 Å². The van der Waals surface area contributed by atoms with Gasteiger partial charge in [0, 0.05) is 38.8 Å². The summed E-state index contributed by atoms with van der Waals surface area (Å²) in [6.45, 7) is 7.02. The second kappa shape index (κ2) is 10.4. The highest BCUT2D eigenvalue weighted by molar-refractivity contribution is 6.35. The molecule has 1 aliphatic carbocycles. The van der Waals surface area contributed by atoms with E-state index >= 15 is 0 Å². The van der Waals surface area contributed by atoms with E-state index in [0.717, 1.165) is 19.3 Å². The molecule has 1 heterocycles. The Kier molecular flexibility index (Phi) is 8.22. The third kappa shape index (κ3) is 7.10. The van der Waals surface area contributed by atoms with Crippen LogP contribution in [0, 0.1) is 5.92 Å². The number of rotatable bonds is 8. The van der Waals surface area contributed by atoms with E-state index in [-0.39, 0.29) is 31.6 Å². The summed E-state index contributed by atoms with van der Waals surface area (Å²) in [5, 5.41) is 2.67. The van der Waals surface area contributed by atoms with E-state index < -0.39 is 23.9 Å². The average molecular weight is 397 g/mol. The maximum Gasteiger partial charge on any atom is 0.335 e. The van der Waals surface area contributed by atoms with E-state index in [1.807, 2.05) is 0 Å². The molecule has 0 spiro atoms. The molecule has 28 heavy (non-hydrogen) atoms. The van der Waals surface area contributed by atoms with Gasteiger partial charge in [0.1, 0.15) is 0 Å². The molecule has 1 unspecified atom stereocenters. The van der Waals surface area contributed by atoms with Crippen LogP contribution in [-0.4, -0.2) is 85.0 Å². The molecule has 0 aromatic rings. The molecular weight excluding hydrogens is 366 g/mol. The van der Waals surface area contributed by atoms with E-state index in [9.17, 15) is 19.2 Å². The Morgan fingerprint density at radius 2 is 1.61 bits per heavy atom. The third-order valence-corrected chi connectivity index (χ3v) is 4.76. The Labute approximate surface area is 165 Å². The normalized spacial score (nSPS) is 18.0. The Bertz CT molecular complexity index is 582. The zero-order valence-corrected chi connectivity index (χ0v) is 16.9. The van der Waals surface area contributed by atoms with E-state index in [2.05, 4.69) is 19.2 Å². The van der Waals surface area contributed by atoms with Crippen molar-refractivity contribution in [1.82, 2.24) is 15.1 Å². The number of ether oxygens (including phenoxy) is 2. The van der Waals surface area contributed by atoms with E-state index in [4.69, 9.17) is 9.47 Å². The Morgan fingerprint density at radius 3 is 2.18 bits per heavy atom. The molecule has 158 valence electrons. The molecule has 0 aromatic carbocycles. The minimum Gasteiger partial charge on any atom is -0.454 e. The van der Waals surface area contributed by atoms with Crippen molar-refractivity contribution in [3.05, 3.63) is 0 Å². The van der Waals surface area contributed by atoms with E-state index in [1.54, 1.807) is 6.92 Å². The lowest BCUT2D eigenvalue weighted by atomic mass is 10.1. The highest BCUT2D eigenvalue weighted by Crippen LogP contribution is 2.18. The van der Waals surface area contributed by atoms with Gasteiger partial charge >= 0.3 is 17.8 Å². The SMILES string of the molecule is CC(C)CCOC(C)C(=O)OCC(=O)N1CCN(C(=O)C(=O)NC2CC2)CC1. The van der Waals surface area contributed by atoms with Crippen molar-refractivity contribution in [3.63, 3.8) is 0 Å². The molecule has 9 heteroatoms. The van der Waals surface area contributed by atoms with Gasteiger partial charge in [-0.05, 0) is 32.1 Å². The topological polar surface area (TPSA) is 105 Å². The number of piperazine rings is 1. The maximum atomic E-state index is 12.2. The lowest BCUT2D eigenvalue weighted by Crippen LogP contribution is -2.54. The van der Waals surface area contributed by atoms with Gasteiger partial charge < -0.3 is 24.6 Å². The van der Waals surface area contributed by atoms with Crippen LogP contribution in [-0.2, 0) is 28.7 Å². The van der Waals surface area contributed by atoms with Crippen molar-refractivity contribution >= 4 is 23.7 Å². The van der Waals surface area contributed by atoms with Gasteiger partial charge in [-0.1, -0.05) is 13.8 Å². The maximum absolute atomic E-state index is 12.2. The first kappa shape index (κ1) is 22.1. The van der Waals surface area contributed by atoms with Crippen molar-refractivity contribution in [1.29, 1.82) is 0 Å². The molecule has 9 nitrogen and oxygen atoms in total. The van der Waals surface area contributed by atoms with Gasteiger partial charge in [-0.25, -0.2) is 4.79 Å². The minimum atomic E-state index is -0.717. The summed E-state index contributed by atoms with van der Waals surface area (Å²) in [7, 11) is 0. The predicted molar refractivity (Wildman–Crippen MR) is 100 cm³/mol. The van der Waals surface area contributed by atoms with Crippen molar-refractivity contribution in [2.24, 2.45) is 5.92 Å². The zero-order chi connectivity index (χ0) is 20.7. The van der Waals surface area contributed by atoms with Crippen LogP contribution < -0.4 is 5.32 Å². The Hall–Kier alpha value is -2.16. The van der Waals surface area contributed by atoms with Gasteiger partial charge in [-0.15, -0.1) is 0 Å². The first-order valence-electron chi connectivity index (χ1n) is 9.93. The number of hydrogen-bond donors (Lipinski definition) is 1. The minimum absolute atomic E-state index is 0.130. The van der Waals surface area contributed by atoms with Crippen LogP contribution in [0.1, 0.15) is 40.0 Å². The number of esters is 1. The lowest BCUT2D eigenvalue weighted by Gasteiger charge is -2.34. The zero-order valence-electron chi connectivity index (χ0n) is 16.9. The molecule has 2 fully saturated rings. The molecule has 1 saturated carbocycles. The van der Waals surface area contributed by atoms with Crippen LogP contribution in [0.5, 0.6) is 0 Å². The van der Waals surface area contributed by atoms with Gasteiger partial charge in [-0.2, -0.15) is 0 Å². The molecule has 1 saturated heterocycles. The van der Waals surface area contributed by atoms with Gasteiger partial charge in [-0.3, -0.25) is 14.4 Å². The van der Waals surface area contributed by atoms with Crippen molar-refractivity contribution in [2.45, 2.75) is 52.2 Å². The van der Waals surface area contributed by atoms with Gasteiger partial charge in [0.05, 0.1) is 0 Å². The number of nitrogens with one attached hydrogen (secondary N) is 1. The first-order chi connectivity index (χ1) is 13.3. The van der Waals surface area contributed by atoms with Crippen LogP contribution in [0.15, 0.2) is 0 Å². The second-order valence-corrected chi connectivity index (χ2v) is 7.72. The van der Waals surface area contributed by atoms with Gasteiger partial charge in [0.25, 0.3) is 5.91 Å². The van der Waals surface area contributed by atoms with Crippen LogP contribution in [0.4, 0.5) is 0 Å². The number of carbonyl (C=O) groups is 4. The monoisotopic (exact) mass is 397 g/mol. The quantitative estimate of drug-likeness (QED) is 0.454. The molecule has 1 aliphatic heterocycles. The van der Waals surface area contributed by atoms with E-state index in [1.165, 1.54) is 9.80 Å². The standard InChI is InChI=1S/C19H31N3O6/c1-13(2)6-11-27-14(3)19(26)28-12-16(23)21-7-9-22(10-8-21)18(25)17(24)20-15-4-5-15/h13-15H,4-12H2,1-3H3,(H,20,24). The summed E-state index contributed by atoms with van der Waals surface area (Å²) in [4.78, 5) is 51.0. The number of carbonyl (C=O) groups excluding carboxylic acids is 4. The third-order valence-electron chi connectivity index (χ3n) is 4.76. The highest BCUT2D eigenvalue weighted by atomic mass is 16.6. The average Bonchev–Trinajstić information content (AvgIpc) is 3.48. The number of hydrogen-bond acceptors (Lipinski definition) is 6. The predicted octanol–water partition coefficient (Wildman–Crippen LogP) is -0.0698. The number of amides is 3. The summed E-state index contributed by atoms with van der Waals surface area (Å²) in [6.07, 6.45) is 1.96. The van der Waals surface area contributed by atoms with Crippen LogP contribution >= 0.6 is 0 Å². The second-order valence-electron chi connectivity index (χ2n) is 7.72. The first-order valence-corrected chi connectivity index (χ1v) is 9.93. The smallest absolute Gasteiger partial charge is 0.335 e. The van der Waals surface area contributed by atoms with Crippen LogP contribution in [0.3, 0.4) is 0 Å². The molecule has 0 aromatic heterocycles. The Morgan fingerprint density at radius 1 is 1.00 bits per heavy atom. The summed E-state index contributed by atoms with van der Waals surface area (Å²) < 4.78 is 10.4. The molecule has 2 aliphatic rings. The number of nitrogens with zero attached hydrogens (tertiary/aromatic N) is 2. The lowest BCUT2D eigenvalue weighted by molar-refractivity contribution is -0.162. The highest BCUT2D eigenvalue weighted by Gasteiger charge is 2.31. The Balaban J connectivity index is 1.65. The molecular formula is C19H31N3O6. The fraction of sp³-hybridized carbons (Fsp3) is 0.789. The van der Waals surface area contributed by atoms with Crippen LogP contribution in [0.2, 0.25) is 0 Å². The fourth-order valence-corrected chi connectivity index (χ4v) is 2.67. The molecule has 0 radical (unpaired) electrons. The molecule has 2 rings (SSSR count). The summed E-state index contributed by atoms with van der Waals surface area (Å²) >= 11 is 0. The summed E-state index contributed by atoms with van der Waals surface area (Å²) in [5.74, 6) is -1.55. The molecule has 1 atom stereocenters. The van der Waals surface area contributed by atoms with Crippen molar-refractivity contribution < 1.29 is 28.7 Å².